The van der Waals surface area contributed by atoms with Crippen molar-refractivity contribution in [1.29, 1.82) is 5.26 Å². The van der Waals surface area contributed by atoms with E-state index in [1.54, 1.807) is 6.92 Å². The third kappa shape index (κ3) is 2.74. The summed E-state index contributed by atoms with van der Waals surface area (Å²) in [5.74, 6) is -0.277. The minimum atomic E-state index is -0.538. The molecule has 0 amide bonds. The first-order valence-corrected chi connectivity index (χ1v) is 5.06. The van der Waals surface area contributed by atoms with Gasteiger partial charge in [0.15, 0.2) is 0 Å². The number of carbonyl (C=O) groups excluding carboxylic acids is 1. The molecule has 0 aromatic heterocycles. The van der Waals surface area contributed by atoms with Gasteiger partial charge in [-0.25, -0.2) is 4.79 Å². The predicted molar refractivity (Wildman–Crippen MR) is 59.6 cm³/mol. The summed E-state index contributed by atoms with van der Waals surface area (Å²) in [5, 5.41) is 18.0. The van der Waals surface area contributed by atoms with Gasteiger partial charge in [0, 0.05) is 0 Å². The Hall–Kier alpha value is -2.06. The van der Waals surface area contributed by atoms with Crippen molar-refractivity contribution in [2.24, 2.45) is 0 Å². The van der Waals surface area contributed by atoms with E-state index in [0.29, 0.717) is 5.56 Å². The first kappa shape index (κ1) is 13.0. The van der Waals surface area contributed by atoms with Gasteiger partial charge in [-0.15, -0.1) is 0 Å². The lowest BCUT2D eigenvalue weighted by Gasteiger charge is -2.10. The Balaban J connectivity index is 3.29. The fraction of sp³-hybridized carbons (Fsp3) is 0.333. The largest absolute Gasteiger partial charge is 0.496 e. The van der Waals surface area contributed by atoms with Crippen LogP contribution >= 0.6 is 0 Å². The molecule has 90 valence electrons. The number of rotatable bonds is 4. The molecule has 0 heterocycles. The number of esters is 1. The molecule has 0 bridgehead atoms. The number of methoxy groups -OCH3 is 1. The van der Waals surface area contributed by atoms with E-state index in [1.807, 2.05) is 6.07 Å². The molecule has 5 heteroatoms. The molecule has 0 saturated carbocycles. The molecule has 1 aromatic carbocycles. The summed E-state index contributed by atoms with van der Waals surface area (Å²) in [6.07, 6.45) is 0. The zero-order valence-corrected chi connectivity index (χ0v) is 9.69. The number of benzene rings is 1. The first-order valence-electron chi connectivity index (χ1n) is 5.06. The topological polar surface area (TPSA) is 79.5 Å². The zero-order chi connectivity index (χ0) is 12.8. The van der Waals surface area contributed by atoms with Crippen molar-refractivity contribution in [1.82, 2.24) is 0 Å². The van der Waals surface area contributed by atoms with E-state index in [-0.39, 0.29) is 30.1 Å². The van der Waals surface area contributed by atoms with Crippen molar-refractivity contribution in [3.8, 4) is 11.8 Å². The van der Waals surface area contributed by atoms with Crippen LogP contribution in [0.25, 0.3) is 0 Å². The highest BCUT2D eigenvalue weighted by Crippen LogP contribution is 2.24. The first-order chi connectivity index (χ1) is 8.17. The van der Waals surface area contributed by atoms with E-state index in [9.17, 15) is 4.79 Å². The summed E-state index contributed by atoms with van der Waals surface area (Å²) in [7, 11) is 1.40. The van der Waals surface area contributed by atoms with Gasteiger partial charge in [0.25, 0.3) is 0 Å². The van der Waals surface area contributed by atoms with Crippen LogP contribution in [-0.4, -0.2) is 24.8 Å². The van der Waals surface area contributed by atoms with Crippen LogP contribution < -0.4 is 4.74 Å². The molecular weight excluding hydrogens is 222 g/mol. The fourth-order valence-electron chi connectivity index (χ4n) is 1.40. The third-order valence-electron chi connectivity index (χ3n) is 2.21. The molecule has 0 fully saturated rings. The van der Waals surface area contributed by atoms with Crippen LogP contribution in [0.1, 0.15) is 28.4 Å². The van der Waals surface area contributed by atoms with E-state index in [0.717, 1.165) is 0 Å². The Bertz CT molecular complexity index is 462. The van der Waals surface area contributed by atoms with E-state index in [2.05, 4.69) is 0 Å². The summed E-state index contributed by atoms with van der Waals surface area (Å²) in [5.41, 5.74) is 0.853. The second-order valence-corrected chi connectivity index (χ2v) is 3.20. The molecule has 0 aliphatic rings. The second kappa shape index (κ2) is 5.87. The highest BCUT2D eigenvalue weighted by atomic mass is 16.5. The lowest BCUT2D eigenvalue weighted by Crippen LogP contribution is -2.08. The molecule has 0 aliphatic heterocycles. The quantitative estimate of drug-likeness (QED) is 0.794. The smallest absolute Gasteiger partial charge is 0.341 e. The van der Waals surface area contributed by atoms with Gasteiger partial charge in [0.2, 0.25) is 0 Å². The summed E-state index contributed by atoms with van der Waals surface area (Å²) >= 11 is 0. The van der Waals surface area contributed by atoms with E-state index in [4.69, 9.17) is 19.8 Å². The fourth-order valence-corrected chi connectivity index (χ4v) is 1.40. The normalized spacial score (nSPS) is 9.53. The molecule has 1 aromatic rings. The van der Waals surface area contributed by atoms with Crippen molar-refractivity contribution >= 4 is 5.97 Å². The molecule has 0 radical (unpaired) electrons. The average molecular weight is 235 g/mol. The van der Waals surface area contributed by atoms with Crippen molar-refractivity contribution < 1.29 is 19.4 Å². The van der Waals surface area contributed by atoms with Crippen LogP contribution in [-0.2, 0) is 11.3 Å². The van der Waals surface area contributed by atoms with Crippen LogP contribution in [0.2, 0.25) is 0 Å². The summed E-state index contributed by atoms with van der Waals surface area (Å²) in [6, 6.07) is 4.75. The Morgan fingerprint density at radius 3 is 2.71 bits per heavy atom. The summed E-state index contributed by atoms with van der Waals surface area (Å²) < 4.78 is 9.88. The van der Waals surface area contributed by atoms with Gasteiger partial charge in [0.1, 0.15) is 11.3 Å². The predicted octanol–water partition coefficient (Wildman–Crippen LogP) is 1.24. The van der Waals surface area contributed by atoms with Crippen molar-refractivity contribution in [3.05, 3.63) is 28.8 Å². The molecule has 17 heavy (non-hydrogen) atoms. The standard InChI is InChI=1S/C12H13NO4/c1-3-17-12(15)10-4-9(7-14)8(6-13)5-11(10)16-2/h4-5,14H,3,7H2,1-2H3. The zero-order valence-electron chi connectivity index (χ0n) is 9.69. The molecule has 0 spiro atoms. The minimum absolute atomic E-state index is 0.206. The monoisotopic (exact) mass is 235 g/mol. The maximum atomic E-state index is 11.6. The Morgan fingerprint density at radius 1 is 1.53 bits per heavy atom. The molecule has 0 aliphatic carbocycles. The van der Waals surface area contributed by atoms with Crippen LogP contribution in [0, 0.1) is 11.3 Å². The van der Waals surface area contributed by atoms with E-state index in [1.165, 1.54) is 19.2 Å². The molecular formula is C12H13NO4. The maximum Gasteiger partial charge on any atom is 0.341 e. The van der Waals surface area contributed by atoms with Crippen molar-refractivity contribution in [2.75, 3.05) is 13.7 Å². The number of hydrogen-bond donors (Lipinski definition) is 1. The van der Waals surface area contributed by atoms with E-state index >= 15 is 0 Å². The average Bonchev–Trinajstić information content (AvgIpc) is 2.37. The van der Waals surface area contributed by atoms with Crippen molar-refractivity contribution in [2.45, 2.75) is 13.5 Å². The SMILES string of the molecule is CCOC(=O)c1cc(CO)c(C#N)cc1OC. The van der Waals surface area contributed by atoms with Gasteiger partial charge in [-0.1, -0.05) is 0 Å². The van der Waals surface area contributed by atoms with Crippen LogP contribution in [0.15, 0.2) is 12.1 Å². The Labute approximate surface area is 99.2 Å². The van der Waals surface area contributed by atoms with Gasteiger partial charge in [0.05, 0.1) is 32.0 Å². The molecule has 0 saturated heterocycles. The number of ether oxygens (including phenoxy) is 2. The molecule has 5 nitrogen and oxygen atoms in total. The van der Waals surface area contributed by atoms with Crippen LogP contribution in [0.5, 0.6) is 5.75 Å². The number of aliphatic hydroxyl groups is 1. The number of nitriles is 1. The Kier molecular flexibility index (Phi) is 4.49. The third-order valence-corrected chi connectivity index (χ3v) is 2.21. The highest BCUT2D eigenvalue weighted by molar-refractivity contribution is 5.93. The summed E-state index contributed by atoms with van der Waals surface area (Å²) in [6.45, 7) is 1.62. The Morgan fingerprint density at radius 2 is 2.24 bits per heavy atom. The van der Waals surface area contributed by atoms with Crippen LogP contribution in [0.3, 0.4) is 0 Å². The number of hydrogen-bond acceptors (Lipinski definition) is 5. The van der Waals surface area contributed by atoms with Gasteiger partial charge < -0.3 is 14.6 Å². The lowest BCUT2D eigenvalue weighted by molar-refractivity contribution is 0.0522. The van der Waals surface area contributed by atoms with Gasteiger partial charge in [-0.2, -0.15) is 5.26 Å². The van der Waals surface area contributed by atoms with Gasteiger partial charge in [-0.05, 0) is 24.6 Å². The van der Waals surface area contributed by atoms with Gasteiger partial charge in [-0.3, -0.25) is 0 Å². The van der Waals surface area contributed by atoms with Crippen molar-refractivity contribution in [3.63, 3.8) is 0 Å². The molecule has 1 rings (SSSR count). The van der Waals surface area contributed by atoms with Crippen LogP contribution in [0.4, 0.5) is 0 Å². The molecule has 0 atom stereocenters. The minimum Gasteiger partial charge on any atom is -0.496 e. The second-order valence-electron chi connectivity index (χ2n) is 3.20. The molecule has 1 N–H and O–H groups in total. The number of aliphatic hydroxyl groups excluding tert-OH is 1. The maximum absolute atomic E-state index is 11.6. The van der Waals surface area contributed by atoms with Gasteiger partial charge >= 0.3 is 5.97 Å². The highest BCUT2D eigenvalue weighted by Gasteiger charge is 2.17. The molecule has 0 unspecified atom stereocenters. The summed E-state index contributed by atoms with van der Waals surface area (Å²) in [4.78, 5) is 11.6. The van der Waals surface area contributed by atoms with E-state index < -0.39 is 5.97 Å². The lowest BCUT2D eigenvalue weighted by atomic mass is 10.0. The number of nitrogens with zero attached hydrogens (tertiary/aromatic N) is 1. The number of carbonyl (C=O) groups is 1.